The van der Waals surface area contributed by atoms with E-state index in [1.54, 1.807) is 18.2 Å². The molecule has 0 aliphatic heterocycles. The first kappa shape index (κ1) is 14.2. The third-order valence-electron chi connectivity index (χ3n) is 3.38. The summed E-state index contributed by atoms with van der Waals surface area (Å²) in [4.78, 5) is 10.4. The summed E-state index contributed by atoms with van der Waals surface area (Å²) < 4.78 is 18.6. The Hall–Kier alpha value is -2.80. The Morgan fingerprint density at radius 1 is 1.32 bits per heavy atom. The number of halogens is 1. The van der Waals surface area contributed by atoms with Crippen molar-refractivity contribution in [2.45, 2.75) is 6.61 Å². The van der Waals surface area contributed by atoms with Gasteiger partial charge in [-0.1, -0.05) is 0 Å². The van der Waals surface area contributed by atoms with Crippen LogP contribution in [-0.2, 0) is 11.3 Å². The van der Waals surface area contributed by atoms with Crippen molar-refractivity contribution in [1.29, 1.82) is 0 Å². The molecule has 112 valence electrons. The molecule has 0 bridgehead atoms. The Kier molecular flexibility index (Phi) is 3.56. The van der Waals surface area contributed by atoms with E-state index in [0.29, 0.717) is 27.7 Å². The maximum atomic E-state index is 13.7. The van der Waals surface area contributed by atoms with Gasteiger partial charge in [0.2, 0.25) is 0 Å². The van der Waals surface area contributed by atoms with E-state index in [4.69, 9.17) is 4.74 Å². The molecule has 0 spiro atoms. The molecule has 3 rings (SSSR count). The zero-order valence-corrected chi connectivity index (χ0v) is 11.7. The van der Waals surface area contributed by atoms with Gasteiger partial charge >= 0.3 is 0 Å². The molecule has 0 fully saturated rings. The highest BCUT2D eigenvalue weighted by Crippen LogP contribution is 2.30. The predicted octanol–water partition coefficient (Wildman–Crippen LogP) is 3.42. The van der Waals surface area contributed by atoms with Crippen LogP contribution < -0.4 is 0 Å². The van der Waals surface area contributed by atoms with Gasteiger partial charge in [-0.15, -0.1) is 0 Å². The summed E-state index contributed by atoms with van der Waals surface area (Å²) in [6.07, 6.45) is 0. The summed E-state index contributed by atoms with van der Waals surface area (Å²) in [5.74, 6) is -0.364. The second-order valence-electron chi connectivity index (χ2n) is 4.80. The maximum absolute atomic E-state index is 13.7. The van der Waals surface area contributed by atoms with Crippen molar-refractivity contribution in [1.82, 2.24) is 10.2 Å². The van der Waals surface area contributed by atoms with Gasteiger partial charge < -0.3 is 4.74 Å². The van der Waals surface area contributed by atoms with E-state index >= 15 is 0 Å². The Bertz CT molecular complexity index is 860. The van der Waals surface area contributed by atoms with Crippen molar-refractivity contribution in [3.63, 3.8) is 0 Å². The molecule has 0 unspecified atom stereocenters. The van der Waals surface area contributed by atoms with Gasteiger partial charge in [-0.05, 0) is 24.3 Å². The number of nitrogens with one attached hydrogen (secondary N) is 1. The van der Waals surface area contributed by atoms with Crippen LogP contribution in [0.2, 0.25) is 0 Å². The number of hydrogen-bond donors (Lipinski definition) is 1. The molecule has 0 aliphatic rings. The highest BCUT2D eigenvalue weighted by Gasteiger charge is 2.14. The Labute approximate surface area is 124 Å². The van der Waals surface area contributed by atoms with Crippen molar-refractivity contribution in [2.24, 2.45) is 0 Å². The molecule has 0 aliphatic carbocycles. The highest BCUT2D eigenvalue weighted by molar-refractivity contribution is 5.94. The van der Waals surface area contributed by atoms with Gasteiger partial charge in [-0.3, -0.25) is 15.2 Å². The standard InChI is InChI=1S/C15H12FN3O3/c1-22-8-10-6-9(2-4-13(10)16)15-12-7-11(19(20)21)3-5-14(12)17-18-15/h2-7H,8H2,1H3,(H,17,18). The molecule has 1 N–H and O–H groups in total. The fraction of sp³-hybridized carbons (Fsp3) is 0.133. The van der Waals surface area contributed by atoms with E-state index in [1.807, 2.05) is 0 Å². The number of ether oxygens (including phenoxy) is 1. The van der Waals surface area contributed by atoms with Gasteiger partial charge in [0.25, 0.3) is 5.69 Å². The molecule has 1 heterocycles. The quantitative estimate of drug-likeness (QED) is 0.591. The number of nitrogens with zero attached hydrogens (tertiary/aromatic N) is 2. The third kappa shape index (κ3) is 2.42. The van der Waals surface area contributed by atoms with E-state index in [1.165, 1.54) is 25.3 Å². The number of nitro benzene ring substituents is 1. The molecule has 2 aromatic carbocycles. The van der Waals surface area contributed by atoms with Crippen molar-refractivity contribution < 1.29 is 14.1 Å². The van der Waals surface area contributed by atoms with E-state index in [-0.39, 0.29) is 18.1 Å². The van der Waals surface area contributed by atoms with Crippen LogP contribution in [0, 0.1) is 15.9 Å². The number of rotatable bonds is 4. The first-order valence-corrected chi connectivity index (χ1v) is 6.50. The van der Waals surface area contributed by atoms with Gasteiger partial charge in [-0.25, -0.2) is 4.39 Å². The lowest BCUT2D eigenvalue weighted by Gasteiger charge is -2.05. The molecule has 0 amide bonds. The fourth-order valence-electron chi connectivity index (χ4n) is 2.32. The summed E-state index contributed by atoms with van der Waals surface area (Å²) in [5, 5.41) is 18.5. The van der Waals surface area contributed by atoms with Gasteiger partial charge in [0, 0.05) is 35.8 Å². The third-order valence-corrected chi connectivity index (χ3v) is 3.38. The van der Waals surface area contributed by atoms with Gasteiger partial charge in [0.15, 0.2) is 0 Å². The first-order chi connectivity index (χ1) is 10.6. The smallest absolute Gasteiger partial charge is 0.270 e. The second-order valence-corrected chi connectivity index (χ2v) is 4.80. The van der Waals surface area contributed by atoms with Crippen molar-refractivity contribution in [2.75, 3.05) is 7.11 Å². The fourth-order valence-corrected chi connectivity index (χ4v) is 2.32. The Morgan fingerprint density at radius 3 is 2.86 bits per heavy atom. The molecule has 0 atom stereocenters. The number of non-ortho nitro benzene ring substituents is 1. The highest BCUT2D eigenvalue weighted by atomic mass is 19.1. The van der Waals surface area contributed by atoms with Crippen LogP contribution in [0.5, 0.6) is 0 Å². The number of fused-ring (bicyclic) bond motifs is 1. The molecule has 0 saturated carbocycles. The van der Waals surface area contributed by atoms with Crippen molar-refractivity contribution in [3.05, 3.63) is 57.9 Å². The minimum absolute atomic E-state index is 0.0191. The van der Waals surface area contributed by atoms with Crippen LogP contribution in [0.1, 0.15) is 5.56 Å². The lowest BCUT2D eigenvalue weighted by Crippen LogP contribution is -1.93. The van der Waals surface area contributed by atoms with Gasteiger partial charge in [0.05, 0.1) is 17.0 Å². The zero-order chi connectivity index (χ0) is 15.7. The first-order valence-electron chi connectivity index (χ1n) is 6.50. The Balaban J connectivity index is 2.15. The van der Waals surface area contributed by atoms with E-state index in [0.717, 1.165) is 0 Å². The van der Waals surface area contributed by atoms with Crippen LogP contribution in [0.3, 0.4) is 0 Å². The minimum atomic E-state index is -0.461. The molecule has 6 nitrogen and oxygen atoms in total. The van der Waals surface area contributed by atoms with E-state index < -0.39 is 4.92 Å². The predicted molar refractivity (Wildman–Crippen MR) is 78.9 cm³/mol. The zero-order valence-electron chi connectivity index (χ0n) is 11.7. The Morgan fingerprint density at radius 2 is 2.14 bits per heavy atom. The maximum Gasteiger partial charge on any atom is 0.270 e. The SMILES string of the molecule is COCc1cc(-c2n[nH]c3ccc([N+](=O)[O-])cc23)ccc1F. The molecule has 7 heteroatoms. The van der Waals surface area contributed by atoms with Gasteiger partial charge in [-0.2, -0.15) is 5.10 Å². The number of nitro groups is 1. The van der Waals surface area contributed by atoms with Crippen LogP contribution in [0.15, 0.2) is 36.4 Å². The van der Waals surface area contributed by atoms with Crippen LogP contribution >= 0.6 is 0 Å². The molecule has 22 heavy (non-hydrogen) atoms. The van der Waals surface area contributed by atoms with Crippen LogP contribution in [0.4, 0.5) is 10.1 Å². The lowest BCUT2D eigenvalue weighted by molar-refractivity contribution is -0.384. The van der Waals surface area contributed by atoms with Crippen LogP contribution in [-0.4, -0.2) is 22.2 Å². The average molecular weight is 301 g/mol. The number of methoxy groups -OCH3 is 1. The average Bonchev–Trinajstić information content (AvgIpc) is 2.92. The van der Waals surface area contributed by atoms with E-state index in [2.05, 4.69) is 10.2 Å². The molecular formula is C15H12FN3O3. The number of hydrogen-bond acceptors (Lipinski definition) is 4. The summed E-state index contributed by atoms with van der Waals surface area (Å²) in [6, 6.07) is 9.01. The molecule has 1 aromatic heterocycles. The number of aromatic nitrogens is 2. The topological polar surface area (TPSA) is 81.0 Å². The molecule has 0 saturated heterocycles. The van der Waals surface area contributed by atoms with Crippen molar-refractivity contribution in [3.8, 4) is 11.3 Å². The molecule has 3 aromatic rings. The summed E-state index contributed by atoms with van der Waals surface area (Å²) in [7, 11) is 1.49. The number of H-pyrrole nitrogens is 1. The summed E-state index contributed by atoms with van der Waals surface area (Å²) in [6.45, 7) is 0.141. The van der Waals surface area contributed by atoms with Crippen molar-refractivity contribution >= 4 is 16.6 Å². The largest absolute Gasteiger partial charge is 0.380 e. The second kappa shape index (κ2) is 5.53. The lowest BCUT2D eigenvalue weighted by atomic mass is 10.0. The van der Waals surface area contributed by atoms with Gasteiger partial charge in [0.1, 0.15) is 11.5 Å². The number of aromatic amines is 1. The molecular weight excluding hydrogens is 289 g/mol. The number of benzene rings is 2. The minimum Gasteiger partial charge on any atom is -0.380 e. The summed E-state index contributed by atoms with van der Waals surface area (Å²) in [5.41, 5.74) is 2.27. The normalized spacial score (nSPS) is 11.0. The monoisotopic (exact) mass is 301 g/mol. The van der Waals surface area contributed by atoms with Crippen LogP contribution in [0.25, 0.3) is 22.2 Å². The molecule has 0 radical (unpaired) electrons. The summed E-state index contributed by atoms with van der Waals surface area (Å²) >= 11 is 0. The van der Waals surface area contributed by atoms with E-state index in [9.17, 15) is 14.5 Å².